The van der Waals surface area contributed by atoms with Gasteiger partial charge in [-0.05, 0) is 25.7 Å². The summed E-state index contributed by atoms with van der Waals surface area (Å²) in [6.45, 7) is 2.46. The molecule has 0 spiro atoms. The Balaban J connectivity index is 2.74. The van der Waals surface area contributed by atoms with Gasteiger partial charge in [0.25, 0.3) is 0 Å². The maximum absolute atomic E-state index is 12.2. The lowest BCUT2D eigenvalue weighted by Crippen LogP contribution is -2.47. The van der Waals surface area contributed by atoms with Gasteiger partial charge >= 0.3 is 6.03 Å². The second-order valence-electron chi connectivity index (χ2n) is 4.47. The Morgan fingerprint density at radius 3 is 2.83 bits per heavy atom. The second-order valence-corrected chi connectivity index (χ2v) is 6.21. The summed E-state index contributed by atoms with van der Waals surface area (Å²) in [7, 11) is 0.346. The predicted octanol–water partition coefficient (Wildman–Crippen LogP) is 1.26. The molecule has 1 saturated heterocycles. The van der Waals surface area contributed by atoms with Crippen LogP contribution in [-0.2, 0) is 15.6 Å². The van der Waals surface area contributed by atoms with Crippen molar-refractivity contribution < 1.29 is 13.8 Å². The minimum Gasteiger partial charge on any atom is -0.341 e. The Kier molecular flexibility index (Phi) is 6.32. The third-order valence-corrected chi connectivity index (χ3v) is 4.88. The average Bonchev–Trinajstić information content (AvgIpc) is 2.57. The number of carbonyl (C=O) groups is 2. The highest BCUT2D eigenvalue weighted by Crippen LogP contribution is 2.17. The van der Waals surface area contributed by atoms with Gasteiger partial charge in [0, 0.05) is 30.1 Å². The summed E-state index contributed by atoms with van der Waals surface area (Å²) in [5.74, 6) is 0.274. The van der Waals surface area contributed by atoms with E-state index in [1.165, 1.54) is 11.9 Å². The van der Waals surface area contributed by atoms with Crippen molar-refractivity contribution in [1.29, 1.82) is 0 Å². The molecule has 0 aromatic rings. The maximum Gasteiger partial charge on any atom is 0.323 e. The Bertz CT molecular complexity index is 333. The monoisotopic (exact) mass is 274 g/mol. The molecule has 0 radical (unpaired) electrons. The van der Waals surface area contributed by atoms with Gasteiger partial charge < -0.3 is 5.32 Å². The van der Waals surface area contributed by atoms with E-state index in [1.54, 1.807) is 0 Å². The van der Waals surface area contributed by atoms with Crippen molar-refractivity contribution in [2.45, 2.75) is 44.3 Å². The fourth-order valence-electron chi connectivity index (χ4n) is 2.02. The SMILES string of the molecule is CCCCS(=O)C1CCCCN(C(=O)NC)C1=O. The molecule has 0 aromatic carbocycles. The molecule has 2 atom stereocenters. The van der Waals surface area contributed by atoms with Crippen LogP contribution in [0.25, 0.3) is 0 Å². The standard InChI is InChI=1S/C12H22N2O3S/c1-3-4-9-18(17)10-7-5-6-8-14(11(10)15)12(16)13-2/h10H,3-9H2,1-2H3,(H,13,16). The highest BCUT2D eigenvalue weighted by molar-refractivity contribution is 7.86. The topological polar surface area (TPSA) is 66.5 Å². The molecular weight excluding hydrogens is 252 g/mol. The van der Waals surface area contributed by atoms with Gasteiger partial charge in [-0.2, -0.15) is 0 Å². The molecule has 6 heteroatoms. The van der Waals surface area contributed by atoms with E-state index in [4.69, 9.17) is 0 Å². The molecule has 1 aliphatic heterocycles. The highest BCUT2D eigenvalue weighted by Gasteiger charge is 2.33. The largest absolute Gasteiger partial charge is 0.341 e. The van der Waals surface area contributed by atoms with E-state index in [0.717, 1.165) is 25.7 Å². The Labute approximate surface area is 111 Å². The van der Waals surface area contributed by atoms with Crippen LogP contribution < -0.4 is 5.32 Å². The lowest BCUT2D eigenvalue weighted by Gasteiger charge is -2.21. The first kappa shape index (κ1) is 15.1. The van der Waals surface area contributed by atoms with Gasteiger partial charge in [-0.15, -0.1) is 0 Å². The highest BCUT2D eigenvalue weighted by atomic mass is 32.2. The van der Waals surface area contributed by atoms with Crippen molar-refractivity contribution in [1.82, 2.24) is 10.2 Å². The van der Waals surface area contributed by atoms with Crippen molar-refractivity contribution in [3.05, 3.63) is 0 Å². The summed E-state index contributed by atoms with van der Waals surface area (Å²) < 4.78 is 12.1. The zero-order valence-corrected chi connectivity index (χ0v) is 11.9. The number of amides is 3. The number of nitrogens with zero attached hydrogens (tertiary/aromatic N) is 1. The summed E-state index contributed by atoms with van der Waals surface area (Å²) in [5.41, 5.74) is 0. The number of urea groups is 1. The van der Waals surface area contributed by atoms with E-state index in [-0.39, 0.29) is 11.9 Å². The molecule has 1 N–H and O–H groups in total. The van der Waals surface area contributed by atoms with Crippen LogP contribution in [0.2, 0.25) is 0 Å². The van der Waals surface area contributed by atoms with Crippen molar-refractivity contribution in [3.8, 4) is 0 Å². The molecule has 104 valence electrons. The summed E-state index contributed by atoms with van der Waals surface area (Å²) >= 11 is 0. The fourth-order valence-corrected chi connectivity index (χ4v) is 3.66. The third-order valence-electron chi connectivity index (χ3n) is 3.11. The maximum atomic E-state index is 12.2. The number of hydrogen-bond donors (Lipinski definition) is 1. The Morgan fingerprint density at radius 1 is 1.50 bits per heavy atom. The van der Waals surface area contributed by atoms with Gasteiger partial charge in [0.1, 0.15) is 5.25 Å². The van der Waals surface area contributed by atoms with Crippen LogP contribution in [0.15, 0.2) is 0 Å². The van der Waals surface area contributed by atoms with E-state index in [9.17, 15) is 13.8 Å². The van der Waals surface area contributed by atoms with Gasteiger partial charge in [0.2, 0.25) is 5.91 Å². The third kappa shape index (κ3) is 3.80. The fraction of sp³-hybridized carbons (Fsp3) is 0.833. The number of likely N-dealkylation sites (tertiary alicyclic amines) is 1. The van der Waals surface area contributed by atoms with Gasteiger partial charge in [0.05, 0.1) is 0 Å². The van der Waals surface area contributed by atoms with Crippen LogP contribution in [0.1, 0.15) is 39.0 Å². The van der Waals surface area contributed by atoms with E-state index >= 15 is 0 Å². The van der Waals surface area contributed by atoms with Crippen molar-refractivity contribution >= 4 is 22.7 Å². The minimum atomic E-state index is -1.16. The Hall–Kier alpha value is -0.910. The summed E-state index contributed by atoms with van der Waals surface area (Å²) in [5, 5.41) is 1.96. The number of hydrogen-bond acceptors (Lipinski definition) is 3. The molecule has 1 heterocycles. The number of carbonyl (C=O) groups excluding carboxylic acids is 2. The molecule has 0 aliphatic carbocycles. The molecule has 18 heavy (non-hydrogen) atoms. The summed E-state index contributed by atoms with van der Waals surface area (Å²) in [4.78, 5) is 25.0. The van der Waals surface area contributed by atoms with Crippen LogP contribution in [0, 0.1) is 0 Å². The molecule has 0 bridgehead atoms. The zero-order valence-electron chi connectivity index (χ0n) is 11.1. The molecule has 1 rings (SSSR count). The number of unbranched alkanes of at least 4 members (excludes halogenated alkanes) is 1. The first-order valence-corrected chi connectivity index (χ1v) is 7.90. The number of rotatable bonds is 4. The average molecular weight is 274 g/mol. The molecule has 5 nitrogen and oxygen atoms in total. The first-order valence-electron chi connectivity index (χ1n) is 6.52. The van der Waals surface area contributed by atoms with Gasteiger partial charge in [-0.1, -0.05) is 13.3 Å². The van der Waals surface area contributed by atoms with Crippen LogP contribution in [0.3, 0.4) is 0 Å². The molecule has 1 fully saturated rings. The normalized spacial score (nSPS) is 22.4. The zero-order chi connectivity index (χ0) is 13.5. The van der Waals surface area contributed by atoms with Crippen molar-refractivity contribution in [3.63, 3.8) is 0 Å². The van der Waals surface area contributed by atoms with Crippen molar-refractivity contribution in [2.24, 2.45) is 0 Å². The van der Waals surface area contributed by atoms with E-state index in [1.807, 2.05) is 6.92 Å². The minimum absolute atomic E-state index is 0.277. The number of imide groups is 1. The summed E-state index contributed by atoms with van der Waals surface area (Å²) in [6.07, 6.45) is 4.09. The van der Waals surface area contributed by atoms with E-state index in [2.05, 4.69) is 5.32 Å². The lowest BCUT2D eigenvalue weighted by molar-refractivity contribution is -0.127. The van der Waals surface area contributed by atoms with Gasteiger partial charge in [-0.3, -0.25) is 13.9 Å². The van der Waals surface area contributed by atoms with Crippen LogP contribution in [0.5, 0.6) is 0 Å². The molecule has 3 amide bonds. The first-order chi connectivity index (χ1) is 8.61. The van der Waals surface area contributed by atoms with Crippen LogP contribution in [-0.4, -0.2) is 45.6 Å². The summed E-state index contributed by atoms with van der Waals surface area (Å²) in [6, 6.07) is -0.389. The molecule has 1 aliphatic rings. The molecular formula is C12H22N2O3S. The molecule has 2 unspecified atom stereocenters. The van der Waals surface area contributed by atoms with Crippen LogP contribution in [0.4, 0.5) is 4.79 Å². The number of nitrogens with one attached hydrogen (secondary N) is 1. The lowest BCUT2D eigenvalue weighted by atomic mass is 10.2. The Morgan fingerprint density at radius 2 is 2.22 bits per heavy atom. The smallest absolute Gasteiger partial charge is 0.323 e. The van der Waals surface area contributed by atoms with E-state index in [0.29, 0.717) is 18.7 Å². The second kappa shape index (κ2) is 7.51. The predicted molar refractivity (Wildman–Crippen MR) is 71.7 cm³/mol. The van der Waals surface area contributed by atoms with E-state index < -0.39 is 16.0 Å². The molecule has 0 saturated carbocycles. The van der Waals surface area contributed by atoms with Gasteiger partial charge in [-0.25, -0.2) is 4.79 Å². The quantitative estimate of drug-likeness (QED) is 0.839. The van der Waals surface area contributed by atoms with Crippen LogP contribution >= 0.6 is 0 Å². The van der Waals surface area contributed by atoms with Crippen molar-refractivity contribution in [2.75, 3.05) is 19.3 Å². The molecule has 0 aromatic heterocycles. The van der Waals surface area contributed by atoms with Gasteiger partial charge in [0.15, 0.2) is 0 Å².